The number of halogens is 1. The van der Waals surface area contributed by atoms with Crippen molar-refractivity contribution in [2.24, 2.45) is 0 Å². The van der Waals surface area contributed by atoms with Gasteiger partial charge in [-0.2, -0.15) is 0 Å². The molecule has 0 spiro atoms. The van der Waals surface area contributed by atoms with Crippen molar-refractivity contribution in [3.05, 3.63) is 138 Å². The first-order chi connectivity index (χ1) is 24.6. The lowest BCUT2D eigenvalue weighted by Gasteiger charge is -2.10. The Bertz CT molecular complexity index is 2530. The number of hydrogen-bond acceptors (Lipinski definition) is 3. The minimum absolute atomic E-state index is 0.0602. The van der Waals surface area contributed by atoms with E-state index in [9.17, 15) is 0 Å². The minimum Gasteiger partial charge on any atom is -0.208 e. The van der Waals surface area contributed by atoms with Gasteiger partial charge in [0.1, 0.15) is 0 Å². The fourth-order valence-corrected chi connectivity index (χ4v) is 4.17. The van der Waals surface area contributed by atoms with Crippen molar-refractivity contribution in [2.75, 3.05) is 0 Å². The quantitative estimate of drug-likeness (QED) is 0.226. The predicted octanol–water partition coefficient (Wildman–Crippen LogP) is 9.50. The molecule has 0 radical (unpaired) electrons. The highest BCUT2D eigenvalue weighted by Crippen LogP contribution is 2.30. The monoisotopic (exact) mass is 532 g/mol. The van der Waals surface area contributed by atoms with E-state index in [-0.39, 0.29) is 50.1 Å². The van der Waals surface area contributed by atoms with Crippen molar-refractivity contribution in [3.8, 4) is 45.3 Å². The molecule has 0 atom stereocenters. The van der Waals surface area contributed by atoms with Crippen LogP contribution in [0.3, 0.4) is 0 Å². The summed E-state index contributed by atoms with van der Waals surface area (Å²) in [5.41, 5.74) is 1.44. The number of aromatic nitrogens is 3. The summed E-state index contributed by atoms with van der Waals surface area (Å²) in [7, 11) is 0. The number of fused-ring (bicyclic) bond motifs is 2. The maximum absolute atomic E-state index is 9.09. The molecule has 4 heteroatoms. The molecule has 7 rings (SSSR count). The summed E-state index contributed by atoms with van der Waals surface area (Å²) in [6.07, 6.45) is 0. The van der Waals surface area contributed by atoms with Gasteiger partial charge in [-0.25, -0.2) is 15.0 Å². The Morgan fingerprint density at radius 1 is 0.436 bits per heavy atom. The van der Waals surface area contributed by atoms with Crippen LogP contribution < -0.4 is 0 Å². The molecule has 184 valence electrons. The Morgan fingerprint density at radius 2 is 0.923 bits per heavy atom. The van der Waals surface area contributed by atoms with Crippen LogP contribution in [0.5, 0.6) is 0 Å². The average Bonchev–Trinajstić information content (AvgIpc) is 3.14. The molecule has 0 aliphatic carbocycles. The zero-order valence-electron chi connectivity index (χ0n) is 32.9. The molecule has 6 aromatic carbocycles. The second kappa shape index (κ2) is 9.79. The molecule has 0 saturated heterocycles. The lowest BCUT2D eigenvalue weighted by Crippen LogP contribution is -2.00. The predicted molar refractivity (Wildman–Crippen MR) is 162 cm³/mol. The first-order valence-electron chi connectivity index (χ1n) is 18.3. The third-order valence-corrected chi connectivity index (χ3v) is 6.12. The maximum Gasteiger partial charge on any atom is 0.164 e. The van der Waals surface area contributed by atoms with E-state index in [0.29, 0.717) is 5.56 Å². The topological polar surface area (TPSA) is 38.7 Å². The molecule has 0 amide bonds. The van der Waals surface area contributed by atoms with Crippen molar-refractivity contribution in [1.82, 2.24) is 15.0 Å². The van der Waals surface area contributed by atoms with Crippen LogP contribution in [0.1, 0.15) is 17.8 Å². The summed E-state index contributed by atoms with van der Waals surface area (Å²) in [4.78, 5) is 13.5. The van der Waals surface area contributed by atoms with Gasteiger partial charge in [0.05, 0.1) is 17.8 Å². The zero-order valence-corrected chi connectivity index (χ0v) is 20.7. The first kappa shape index (κ1) is 13.3. The van der Waals surface area contributed by atoms with Crippen LogP contribution in [-0.2, 0) is 0 Å². The summed E-state index contributed by atoms with van der Waals surface area (Å²) in [6, 6.07) is 8.95. The van der Waals surface area contributed by atoms with Crippen molar-refractivity contribution < 1.29 is 17.8 Å². The van der Waals surface area contributed by atoms with Crippen molar-refractivity contribution >= 4 is 33.1 Å². The number of rotatable bonds is 4. The second-order valence-corrected chi connectivity index (χ2v) is 8.82. The van der Waals surface area contributed by atoms with Gasteiger partial charge in [0, 0.05) is 21.7 Å². The van der Waals surface area contributed by atoms with E-state index in [2.05, 4.69) is 15.0 Å². The van der Waals surface area contributed by atoms with Gasteiger partial charge < -0.3 is 0 Å². The molecular weight excluding hydrogens is 498 g/mol. The molecule has 0 aliphatic rings. The highest BCUT2D eigenvalue weighted by molar-refractivity contribution is 6.31. The summed E-state index contributed by atoms with van der Waals surface area (Å²) in [5, 5.41) is -1.65. The molecule has 7 aromatic rings. The van der Waals surface area contributed by atoms with Crippen LogP contribution >= 0.6 is 11.6 Å². The minimum atomic E-state index is -0.643. The highest BCUT2D eigenvalue weighted by atomic mass is 35.5. The zero-order chi connectivity index (χ0) is 37.5. The van der Waals surface area contributed by atoms with Gasteiger partial charge in [-0.05, 0) is 56.8 Å². The van der Waals surface area contributed by atoms with Crippen LogP contribution in [0.25, 0.3) is 66.8 Å². The Morgan fingerprint density at radius 3 is 1.62 bits per heavy atom. The van der Waals surface area contributed by atoms with E-state index in [0.717, 1.165) is 11.1 Å². The molecule has 0 unspecified atom stereocenters. The van der Waals surface area contributed by atoms with Gasteiger partial charge in [0.25, 0.3) is 0 Å². The Balaban J connectivity index is 1.58. The van der Waals surface area contributed by atoms with Crippen molar-refractivity contribution in [2.45, 2.75) is 0 Å². The maximum atomic E-state index is 9.09. The van der Waals surface area contributed by atoms with Crippen LogP contribution in [0.2, 0.25) is 5.02 Å². The molecule has 0 N–H and O–H groups in total. The normalized spacial score (nSPS) is 15.9. The van der Waals surface area contributed by atoms with E-state index in [1.807, 2.05) is 30.3 Å². The summed E-state index contributed by atoms with van der Waals surface area (Å²) in [5.74, 6) is -0.833. The summed E-state index contributed by atoms with van der Waals surface area (Å²) in [6.45, 7) is 0. The Kier molecular flexibility index (Phi) is 3.33. The van der Waals surface area contributed by atoms with E-state index in [4.69, 9.17) is 29.4 Å². The number of hydrogen-bond donors (Lipinski definition) is 0. The van der Waals surface area contributed by atoms with E-state index in [1.54, 1.807) is 24.3 Å². The SMILES string of the molecule is [2H]c1c([2H])c([2H])c2c([2H])c(-c3nc(-c4ccc(-c5ccccc5)cc4)nc(-c4c([2H])c([2H])c5c([2H])c(Cl)c([2H])c([2H])c5c4[2H])n3)c([2H])c([2H])c2c1[2H]. The molecule has 3 nitrogen and oxygen atoms in total. The second-order valence-electron chi connectivity index (χ2n) is 8.44. The molecule has 1 aromatic heterocycles. The van der Waals surface area contributed by atoms with E-state index in [1.165, 1.54) is 0 Å². The lowest BCUT2D eigenvalue weighted by atomic mass is 10.0. The molecule has 39 heavy (non-hydrogen) atoms. The molecule has 0 fully saturated rings. The van der Waals surface area contributed by atoms with Crippen LogP contribution in [0.4, 0.5) is 0 Å². The first-order valence-corrected chi connectivity index (χ1v) is 12.1. The van der Waals surface area contributed by atoms with Gasteiger partial charge in [-0.3, -0.25) is 0 Å². The standard InChI is InChI=1S/C35H22ClN3/c36-32-19-18-28-21-31(17-15-29(28)22-32)35-38-33(26-13-10-25(11-14-26)23-6-2-1-3-7-23)37-34(39-35)30-16-12-24-8-4-5-9-27(24)20-30/h1-22H/i4D,5D,8D,9D,12D,15D,16D,17D,18D,19D,20D,21D,22D. The van der Waals surface area contributed by atoms with Crippen LogP contribution in [0.15, 0.2) is 133 Å². The smallest absolute Gasteiger partial charge is 0.164 e. The third-order valence-electron chi connectivity index (χ3n) is 5.93. The fourth-order valence-electron chi connectivity index (χ4n) is 4.03. The summed E-state index contributed by atoms with van der Waals surface area (Å²) >= 11 is 6.11. The van der Waals surface area contributed by atoms with Crippen molar-refractivity contribution in [3.63, 3.8) is 0 Å². The van der Waals surface area contributed by atoms with E-state index >= 15 is 0 Å². The molecular formula is C35H22ClN3. The van der Waals surface area contributed by atoms with Gasteiger partial charge in [0.15, 0.2) is 17.5 Å². The van der Waals surface area contributed by atoms with E-state index < -0.39 is 83.6 Å². The Labute approximate surface area is 249 Å². The third kappa shape index (κ3) is 4.65. The fraction of sp³-hybridized carbons (Fsp3) is 0. The van der Waals surface area contributed by atoms with Gasteiger partial charge in [0.2, 0.25) is 0 Å². The molecule has 0 saturated carbocycles. The number of benzene rings is 6. The lowest BCUT2D eigenvalue weighted by molar-refractivity contribution is 1.08. The van der Waals surface area contributed by atoms with Crippen LogP contribution in [-0.4, -0.2) is 15.0 Å². The van der Waals surface area contributed by atoms with Crippen molar-refractivity contribution in [1.29, 1.82) is 0 Å². The van der Waals surface area contributed by atoms with Gasteiger partial charge in [-0.1, -0.05) is 121 Å². The Hall–Kier alpha value is -4.86. The largest absolute Gasteiger partial charge is 0.208 e. The molecule has 0 aliphatic heterocycles. The molecule has 1 heterocycles. The van der Waals surface area contributed by atoms with Crippen LogP contribution in [0, 0.1) is 0 Å². The highest BCUT2D eigenvalue weighted by Gasteiger charge is 2.13. The molecule has 0 bridgehead atoms. The average molecular weight is 533 g/mol. The van der Waals surface area contributed by atoms with Gasteiger partial charge in [-0.15, -0.1) is 0 Å². The number of nitrogens with zero attached hydrogens (tertiary/aromatic N) is 3. The summed E-state index contributed by atoms with van der Waals surface area (Å²) < 4.78 is 112. The van der Waals surface area contributed by atoms with Gasteiger partial charge >= 0.3 is 0 Å².